The highest BCUT2D eigenvalue weighted by molar-refractivity contribution is 5.85. The van der Waals surface area contributed by atoms with Gasteiger partial charge in [0.1, 0.15) is 0 Å². The number of amides is 1. The lowest BCUT2D eigenvalue weighted by atomic mass is 9.98. The summed E-state index contributed by atoms with van der Waals surface area (Å²) in [6.45, 7) is 3.88. The molecule has 1 atom stereocenters. The van der Waals surface area contributed by atoms with Crippen molar-refractivity contribution in [1.82, 2.24) is 20.4 Å². The van der Waals surface area contributed by atoms with E-state index in [4.69, 9.17) is 0 Å². The van der Waals surface area contributed by atoms with Gasteiger partial charge in [-0.3, -0.25) is 9.48 Å². The molecule has 2 aromatic carbocycles. The molecule has 0 fully saturated rings. The molecule has 2 N–H and O–H groups in total. The summed E-state index contributed by atoms with van der Waals surface area (Å²) in [5.74, 6) is 0.0115. The molecule has 0 aliphatic rings. The average Bonchev–Trinajstić information content (AvgIpc) is 3.20. The number of carbonyl (C=O) groups excluding carboxylic acids is 1. The van der Waals surface area contributed by atoms with Crippen LogP contribution in [0.2, 0.25) is 0 Å². The first kappa shape index (κ1) is 21.7. The summed E-state index contributed by atoms with van der Waals surface area (Å²) in [7, 11) is 1.86. The summed E-state index contributed by atoms with van der Waals surface area (Å²) >= 11 is 0. The minimum absolute atomic E-state index is 0. The number of halogens is 1. The van der Waals surface area contributed by atoms with Crippen LogP contribution in [-0.4, -0.2) is 29.3 Å². The Hall–Kier alpha value is -2.63. The fraction of sp³-hybridized carbons (Fsp3) is 0.273. The Labute approximate surface area is 172 Å². The molecule has 1 heterocycles. The van der Waals surface area contributed by atoms with Gasteiger partial charge in [-0.1, -0.05) is 55.5 Å². The fourth-order valence-electron chi connectivity index (χ4n) is 3.08. The number of benzene rings is 2. The van der Waals surface area contributed by atoms with E-state index in [9.17, 15) is 4.79 Å². The summed E-state index contributed by atoms with van der Waals surface area (Å²) in [6.07, 6.45) is 3.75. The SMILES string of the molecule is CNCC(C)C(=O)NCc1ccccc1-c1ccc(Cn2cccn2)cc1.Cl. The second kappa shape index (κ2) is 10.6. The van der Waals surface area contributed by atoms with Crippen molar-refractivity contribution < 1.29 is 4.79 Å². The van der Waals surface area contributed by atoms with E-state index >= 15 is 0 Å². The maximum absolute atomic E-state index is 12.2. The van der Waals surface area contributed by atoms with Gasteiger partial charge in [-0.2, -0.15) is 5.10 Å². The van der Waals surface area contributed by atoms with E-state index in [1.165, 1.54) is 5.56 Å². The first-order valence-corrected chi connectivity index (χ1v) is 9.24. The second-order valence-electron chi connectivity index (χ2n) is 6.73. The van der Waals surface area contributed by atoms with Gasteiger partial charge >= 0.3 is 0 Å². The molecule has 28 heavy (non-hydrogen) atoms. The van der Waals surface area contributed by atoms with Crippen LogP contribution in [0.4, 0.5) is 0 Å². The molecule has 1 amide bonds. The molecule has 3 aromatic rings. The van der Waals surface area contributed by atoms with Gasteiger partial charge in [0.2, 0.25) is 5.91 Å². The normalized spacial score (nSPS) is 11.5. The van der Waals surface area contributed by atoms with E-state index in [2.05, 4.69) is 52.1 Å². The van der Waals surface area contributed by atoms with Gasteiger partial charge in [0.05, 0.1) is 6.54 Å². The number of nitrogens with one attached hydrogen (secondary N) is 2. The molecule has 0 saturated carbocycles. The number of hydrogen-bond acceptors (Lipinski definition) is 3. The molecule has 0 bridgehead atoms. The highest BCUT2D eigenvalue weighted by atomic mass is 35.5. The monoisotopic (exact) mass is 398 g/mol. The summed E-state index contributed by atoms with van der Waals surface area (Å²) < 4.78 is 1.91. The van der Waals surface area contributed by atoms with Gasteiger partial charge in [0.25, 0.3) is 0 Å². The summed E-state index contributed by atoms with van der Waals surface area (Å²) in [5.41, 5.74) is 4.61. The van der Waals surface area contributed by atoms with Crippen LogP contribution in [-0.2, 0) is 17.9 Å². The molecule has 1 unspecified atom stereocenters. The zero-order valence-electron chi connectivity index (χ0n) is 16.3. The van der Waals surface area contributed by atoms with Crippen molar-refractivity contribution in [1.29, 1.82) is 0 Å². The van der Waals surface area contributed by atoms with E-state index < -0.39 is 0 Å². The topological polar surface area (TPSA) is 59.0 Å². The molecule has 0 saturated heterocycles. The van der Waals surface area contributed by atoms with Gasteiger partial charge in [0, 0.05) is 31.4 Å². The van der Waals surface area contributed by atoms with Crippen molar-refractivity contribution in [3.63, 3.8) is 0 Å². The van der Waals surface area contributed by atoms with Crippen molar-refractivity contribution in [3.05, 3.63) is 78.1 Å². The Morgan fingerprint density at radius 3 is 2.54 bits per heavy atom. The number of nitrogens with zero attached hydrogens (tertiary/aromatic N) is 2. The Bertz CT molecular complexity index is 863. The highest BCUT2D eigenvalue weighted by Gasteiger charge is 2.12. The van der Waals surface area contributed by atoms with Crippen LogP contribution in [0.5, 0.6) is 0 Å². The molecular weight excluding hydrogens is 372 g/mol. The van der Waals surface area contributed by atoms with E-state index in [0.29, 0.717) is 13.1 Å². The smallest absolute Gasteiger partial charge is 0.224 e. The van der Waals surface area contributed by atoms with E-state index in [-0.39, 0.29) is 24.2 Å². The molecule has 6 heteroatoms. The fourth-order valence-corrected chi connectivity index (χ4v) is 3.08. The minimum Gasteiger partial charge on any atom is -0.352 e. The van der Waals surface area contributed by atoms with Crippen LogP contribution in [0.15, 0.2) is 67.0 Å². The lowest BCUT2D eigenvalue weighted by Crippen LogP contribution is -2.34. The third kappa shape index (κ3) is 5.68. The van der Waals surface area contributed by atoms with Crippen molar-refractivity contribution in [2.45, 2.75) is 20.0 Å². The third-order valence-corrected chi connectivity index (χ3v) is 4.60. The van der Waals surface area contributed by atoms with Crippen molar-refractivity contribution >= 4 is 18.3 Å². The molecule has 0 spiro atoms. The third-order valence-electron chi connectivity index (χ3n) is 4.60. The summed E-state index contributed by atoms with van der Waals surface area (Å²) in [4.78, 5) is 12.2. The Balaban J connectivity index is 0.00000280. The minimum atomic E-state index is -0.0521. The molecule has 0 aliphatic heterocycles. The van der Waals surface area contributed by atoms with Crippen LogP contribution in [0.3, 0.4) is 0 Å². The zero-order valence-corrected chi connectivity index (χ0v) is 17.1. The van der Waals surface area contributed by atoms with Gasteiger partial charge in [-0.05, 0) is 35.4 Å². The van der Waals surface area contributed by atoms with Crippen LogP contribution in [0, 0.1) is 5.92 Å². The molecule has 0 aliphatic carbocycles. The van der Waals surface area contributed by atoms with Crippen molar-refractivity contribution in [2.75, 3.05) is 13.6 Å². The van der Waals surface area contributed by atoms with Gasteiger partial charge < -0.3 is 10.6 Å². The van der Waals surface area contributed by atoms with E-state index in [1.54, 1.807) is 6.20 Å². The molecule has 0 radical (unpaired) electrons. The van der Waals surface area contributed by atoms with E-state index in [0.717, 1.165) is 23.2 Å². The van der Waals surface area contributed by atoms with Crippen LogP contribution in [0.1, 0.15) is 18.1 Å². The van der Waals surface area contributed by atoms with Crippen molar-refractivity contribution in [2.24, 2.45) is 5.92 Å². The van der Waals surface area contributed by atoms with Crippen molar-refractivity contribution in [3.8, 4) is 11.1 Å². The molecule has 148 valence electrons. The lowest BCUT2D eigenvalue weighted by Gasteiger charge is -2.14. The maximum Gasteiger partial charge on any atom is 0.224 e. The predicted octanol–water partition coefficient (Wildman–Crippen LogP) is 3.49. The summed E-state index contributed by atoms with van der Waals surface area (Å²) in [5, 5.41) is 10.3. The number of aromatic nitrogens is 2. The largest absolute Gasteiger partial charge is 0.352 e. The summed E-state index contributed by atoms with van der Waals surface area (Å²) in [6, 6.07) is 18.6. The van der Waals surface area contributed by atoms with Gasteiger partial charge in [-0.15, -0.1) is 12.4 Å². The van der Waals surface area contributed by atoms with E-state index in [1.807, 2.05) is 43.0 Å². The van der Waals surface area contributed by atoms with Crippen LogP contribution in [0.25, 0.3) is 11.1 Å². The number of rotatable bonds is 8. The Kier molecular flexibility index (Phi) is 8.23. The standard InChI is InChI=1S/C22H26N4O.ClH/c1-17(14-23-2)22(27)24-15-20-6-3-4-7-21(20)19-10-8-18(9-11-19)16-26-13-5-12-25-26;/h3-13,17,23H,14-16H2,1-2H3,(H,24,27);1H. The number of hydrogen-bond donors (Lipinski definition) is 2. The quantitative estimate of drug-likeness (QED) is 0.610. The molecular formula is C22H27ClN4O. The first-order chi connectivity index (χ1) is 13.2. The second-order valence-corrected chi connectivity index (χ2v) is 6.73. The molecule has 1 aromatic heterocycles. The predicted molar refractivity (Wildman–Crippen MR) is 115 cm³/mol. The zero-order chi connectivity index (χ0) is 19.1. The van der Waals surface area contributed by atoms with Crippen LogP contribution < -0.4 is 10.6 Å². The number of carbonyl (C=O) groups is 1. The van der Waals surface area contributed by atoms with Crippen LogP contribution >= 0.6 is 12.4 Å². The maximum atomic E-state index is 12.2. The first-order valence-electron chi connectivity index (χ1n) is 9.24. The molecule has 3 rings (SSSR count). The Morgan fingerprint density at radius 1 is 1.11 bits per heavy atom. The highest BCUT2D eigenvalue weighted by Crippen LogP contribution is 2.24. The lowest BCUT2D eigenvalue weighted by molar-refractivity contribution is -0.124. The van der Waals surface area contributed by atoms with Gasteiger partial charge in [-0.25, -0.2) is 0 Å². The molecule has 5 nitrogen and oxygen atoms in total. The Morgan fingerprint density at radius 2 is 1.86 bits per heavy atom. The average molecular weight is 399 g/mol. The van der Waals surface area contributed by atoms with Gasteiger partial charge in [0.15, 0.2) is 0 Å².